The first-order valence-electron chi connectivity index (χ1n) is 23.0. The van der Waals surface area contributed by atoms with Gasteiger partial charge in [0.05, 0.1) is 58.0 Å². The first-order chi connectivity index (χ1) is 33.5. The molecule has 3 heterocycles. The van der Waals surface area contributed by atoms with Crippen molar-refractivity contribution < 1.29 is 66.0 Å². The molecule has 0 bridgehead atoms. The van der Waals surface area contributed by atoms with E-state index in [-0.39, 0.29) is 95.3 Å². The number of carbonyl (C=O) groups is 6. The summed E-state index contributed by atoms with van der Waals surface area (Å²) < 4.78 is 69.7. The first-order valence-corrected chi connectivity index (χ1v) is 24.2. The average molecular weight is 1000 g/mol. The van der Waals surface area contributed by atoms with Crippen LogP contribution in [-0.4, -0.2) is 164 Å². The van der Waals surface area contributed by atoms with Crippen LogP contribution in [-0.2, 0) is 54.3 Å². The molecule has 1 aromatic heterocycles. The summed E-state index contributed by atoms with van der Waals surface area (Å²) in [5, 5.41) is 18.9. The number of nitrogens with one attached hydrogen (secondary N) is 3. The fourth-order valence-electron chi connectivity index (χ4n) is 7.94. The maximum absolute atomic E-state index is 15.4. The van der Waals surface area contributed by atoms with E-state index in [4.69, 9.17) is 18.9 Å². The highest BCUT2D eigenvalue weighted by molar-refractivity contribution is 8.00. The van der Waals surface area contributed by atoms with Crippen molar-refractivity contribution >= 4 is 47.6 Å². The Bertz CT molecular complexity index is 2230. The van der Waals surface area contributed by atoms with Crippen molar-refractivity contribution in [2.45, 2.75) is 58.2 Å². The number of aliphatic carboxylic acids is 1. The van der Waals surface area contributed by atoms with Gasteiger partial charge in [-0.25, -0.2) is 13.2 Å². The molecule has 1 saturated heterocycles. The molecule has 70 heavy (non-hydrogen) atoms. The minimum absolute atomic E-state index is 0.00427. The van der Waals surface area contributed by atoms with Crippen LogP contribution in [0.5, 0.6) is 0 Å². The molecular formula is C49H63F3N6O11S. The Balaban J connectivity index is 1.30. The molecule has 2 aromatic carbocycles. The van der Waals surface area contributed by atoms with E-state index in [1.807, 2.05) is 55.7 Å². The zero-order valence-electron chi connectivity index (χ0n) is 39.6. The Hall–Kier alpha value is -5.42. The normalized spacial score (nSPS) is 17.2. The molecule has 2 aliphatic heterocycles. The predicted molar refractivity (Wildman–Crippen MR) is 254 cm³/mol. The monoisotopic (exact) mass is 1000 g/mol. The largest absolute Gasteiger partial charge is 0.480 e. The van der Waals surface area contributed by atoms with E-state index in [0.29, 0.717) is 24.3 Å². The number of hydrogen-bond acceptors (Lipinski definition) is 13. The van der Waals surface area contributed by atoms with Gasteiger partial charge in [-0.1, -0.05) is 51.1 Å². The summed E-state index contributed by atoms with van der Waals surface area (Å²) in [6.07, 6.45) is 2.61. The van der Waals surface area contributed by atoms with E-state index in [0.717, 1.165) is 58.9 Å². The molecule has 0 aliphatic carbocycles. The van der Waals surface area contributed by atoms with E-state index in [2.05, 4.69) is 16.0 Å². The molecule has 17 nitrogen and oxygen atoms in total. The van der Waals surface area contributed by atoms with Crippen molar-refractivity contribution in [3.63, 3.8) is 0 Å². The third-order valence-corrected chi connectivity index (χ3v) is 12.3. The van der Waals surface area contributed by atoms with E-state index in [1.165, 1.54) is 0 Å². The number of amides is 4. The molecule has 1 unspecified atom stereocenters. The van der Waals surface area contributed by atoms with Crippen LogP contribution < -0.4 is 16.0 Å². The highest BCUT2D eigenvalue weighted by Crippen LogP contribution is 2.42. The Morgan fingerprint density at radius 2 is 1.67 bits per heavy atom. The summed E-state index contributed by atoms with van der Waals surface area (Å²) in [7, 11) is 0. The molecule has 3 aromatic rings. The molecule has 0 saturated carbocycles. The second-order valence-electron chi connectivity index (χ2n) is 17.8. The summed E-state index contributed by atoms with van der Waals surface area (Å²) >= 11 is 1.05. The second-order valence-corrected chi connectivity index (χ2v) is 18.8. The van der Waals surface area contributed by atoms with Gasteiger partial charge in [0.1, 0.15) is 42.9 Å². The van der Waals surface area contributed by atoms with Crippen LogP contribution in [0.3, 0.4) is 0 Å². The minimum atomic E-state index is -1.27. The number of aromatic nitrogens is 1. The van der Waals surface area contributed by atoms with E-state index in [1.54, 1.807) is 17.2 Å². The third kappa shape index (κ3) is 17.2. The van der Waals surface area contributed by atoms with Crippen LogP contribution in [0.1, 0.15) is 44.5 Å². The quantitative estimate of drug-likeness (QED) is 0.0314. The van der Waals surface area contributed by atoms with Crippen molar-refractivity contribution in [2.24, 2.45) is 11.3 Å². The van der Waals surface area contributed by atoms with Crippen LogP contribution in [0.4, 0.5) is 13.2 Å². The van der Waals surface area contributed by atoms with Crippen molar-refractivity contribution in [2.75, 3.05) is 90.5 Å². The molecule has 21 heteroatoms. The Morgan fingerprint density at radius 3 is 2.34 bits per heavy atom. The number of alkyl halides is 1. The molecule has 382 valence electrons. The fourth-order valence-corrected chi connectivity index (χ4v) is 8.88. The fraction of sp³-hybridized carbons (Fsp3) is 0.510. The van der Waals surface area contributed by atoms with Crippen molar-refractivity contribution in [3.8, 4) is 11.1 Å². The lowest BCUT2D eigenvalue weighted by Gasteiger charge is -2.42. The highest BCUT2D eigenvalue weighted by Gasteiger charge is 2.40. The highest BCUT2D eigenvalue weighted by atomic mass is 32.2. The number of carboxylic acid groups (broad SMARTS) is 1. The number of thioether (sulfide) groups is 1. The number of carbonyl (C=O) groups excluding carboxylic acids is 5. The van der Waals surface area contributed by atoms with Crippen molar-refractivity contribution in [3.05, 3.63) is 95.8 Å². The standard InChI is InChI=1S/C49H63F3N6O11S/c1-49(2,3)47(41-22-34(37-23-36(50)10-11-38(37)51)27-56(41)26-33-8-5-4-6-9-33)58(28-35-24-53-25-39(35)52)46(63)32-70-31-40(48(64)65)55-43(69-21-20-67-19-18-66-16-7-15-59)30-68-17-14-54-42(60)29-57-44(61)12-13-45(57)62/h4-6,8-13,15,22-23,27,35,39-40,43,47,53,55H,7,14,16-21,24-26,28-32H2,1-3H3,(H,54,60)(H,64,65)/t35-,39+,40+,43?,47+/m1/s1. The second kappa shape index (κ2) is 27.8. The summed E-state index contributed by atoms with van der Waals surface area (Å²) in [6.45, 7) is 6.73. The summed E-state index contributed by atoms with van der Waals surface area (Å²) in [5.41, 5.74) is 1.26. The molecule has 1 fully saturated rings. The minimum Gasteiger partial charge on any atom is -0.480 e. The summed E-state index contributed by atoms with van der Waals surface area (Å²) in [5.74, 6) is -5.56. The third-order valence-electron chi connectivity index (χ3n) is 11.3. The molecule has 0 radical (unpaired) electrons. The van der Waals surface area contributed by atoms with E-state index in [9.17, 15) is 38.3 Å². The number of rotatable bonds is 31. The number of imide groups is 1. The Kier molecular flexibility index (Phi) is 22.1. The Morgan fingerprint density at radius 1 is 0.957 bits per heavy atom. The van der Waals surface area contributed by atoms with Gasteiger partial charge in [-0.3, -0.25) is 34.2 Å². The van der Waals surface area contributed by atoms with Gasteiger partial charge in [-0.05, 0) is 35.2 Å². The number of carboxylic acids is 1. The summed E-state index contributed by atoms with van der Waals surface area (Å²) in [4.78, 5) is 76.4. The first kappa shape index (κ1) is 55.5. The molecule has 0 spiro atoms. The number of nitrogens with zero attached hydrogens (tertiary/aromatic N) is 3. The summed E-state index contributed by atoms with van der Waals surface area (Å²) in [6, 6.07) is 12.5. The zero-order valence-corrected chi connectivity index (χ0v) is 40.4. The lowest BCUT2D eigenvalue weighted by Crippen LogP contribution is -2.49. The zero-order chi connectivity index (χ0) is 50.6. The lowest BCUT2D eigenvalue weighted by atomic mass is 9.82. The molecule has 5 rings (SSSR count). The number of halogens is 3. The topological polar surface area (TPSA) is 207 Å². The smallest absolute Gasteiger partial charge is 0.321 e. The SMILES string of the molecule is CC(C)(C)[C@H](c1cc(-c2cc(F)ccc2F)cn1Cc1ccccc1)N(C[C@H]1CNC[C@@H]1F)C(=O)CSC[C@H](NC(COCCNC(=O)CN1C(=O)C=CC1=O)OCCOCCOCCC=O)C(=O)O. The van der Waals surface area contributed by atoms with Gasteiger partial charge in [0.25, 0.3) is 11.8 Å². The maximum atomic E-state index is 15.4. The number of benzene rings is 2. The molecule has 4 N–H and O–H groups in total. The molecule has 5 atom stereocenters. The van der Waals surface area contributed by atoms with Gasteiger partial charge in [-0.2, -0.15) is 0 Å². The van der Waals surface area contributed by atoms with Gasteiger partial charge in [0, 0.05) is 86.0 Å². The van der Waals surface area contributed by atoms with Gasteiger partial charge in [0.2, 0.25) is 11.8 Å². The van der Waals surface area contributed by atoms with Gasteiger partial charge in [-0.15, -0.1) is 11.8 Å². The van der Waals surface area contributed by atoms with Gasteiger partial charge in [0.15, 0.2) is 0 Å². The van der Waals surface area contributed by atoms with Gasteiger partial charge >= 0.3 is 5.97 Å². The van der Waals surface area contributed by atoms with Crippen LogP contribution in [0.2, 0.25) is 0 Å². The van der Waals surface area contributed by atoms with E-state index >= 15 is 8.78 Å². The lowest BCUT2D eigenvalue weighted by molar-refractivity contribution is -0.141. The number of hydrogen-bond donors (Lipinski definition) is 4. The predicted octanol–water partition coefficient (Wildman–Crippen LogP) is 3.75. The van der Waals surface area contributed by atoms with Crippen molar-refractivity contribution in [1.29, 1.82) is 0 Å². The van der Waals surface area contributed by atoms with Gasteiger partial charge < -0.3 is 48.9 Å². The van der Waals surface area contributed by atoms with Crippen molar-refractivity contribution in [1.82, 2.24) is 30.3 Å². The molecule has 4 amide bonds. The number of ether oxygens (including phenoxy) is 4. The van der Waals surface area contributed by atoms with Crippen LogP contribution in [0.15, 0.2) is 72.9 Å². The van der Waals surface area contributed by atoms with Crippen LogP contribution >= 0.6 is 11.8 Å². The average Bonchev–Trinajstić information content (AvgIpc) is 4.02. The van der Waals surface area contributed by atoms with E-state index < -0.39 is 77.7 Å². The number of aldehydes is 1. The van der Waals surface area contributed by atoms with Crippen LogP contribution in [0.25, 0.3) is 11.1 Å². The molecule has 2 aliphatic rings. The Labute approximate surface area is 409 Å². The van der Waals surface area contributed by atoms with Crippen LogP contribution in [0, 0.1) is 23.0 Å². The molecular weight excluding hydrogens is 938 g/mol. The maximum Gasteiger partial charge on any atom is 0.321 e.